The number of ether oxygens (including phenoxy) is 1. The van der Waals surface area contributed by atoms with Crippen molar-refractivity contribution in [1.29, 1.82) is 0 Å². The third kappa shape index (κ3) is 5.30. The Morgan fingerprint density at radius 1 is 1.21 bits per heavy atom. The van der Waals surface area contributed by atoms with Crippen molar-refractivity contribution in [1.82, 2.24) is 14.3 Å². The Hall–Kier alpha value is -1.06. The van der Waals surface area contributed by atoms with Crippen LogP contribution in [0.1, 0.15) is 44.1 Å². The predicted molar refractivity (Wildman–Crippen MR) is 108 cm³/mol. The summed E-state index contributed by atoms with van der Waals surface area (Å²) >= 11 is 0. The van der Waals surface area contributed by atoms with Gasteiger partial charge in [-0.25, -0.2) is 4.39 Å². The summed E-state index contributed by atoms with van der Waals surface area (Å²) in [5, 5.41) is 3.36. The van der Waals surface area contributed by atoms with Gasteiger partial charge < -0.3 is 10.1 Å². The summed E-state index contributed by atoms with van der Waals surface area (Å²) in [6.07, 6.45) is 1.30. The maximum atomic E-state index is 14.7. The Morgan fingerprint density at radius 3 is 2.57 bits per heavy atom. The highest BCUT2D eigenvalue weighted by Gasteiger charge is 2.37. The van der Waals surface area contributed by atoms with Gasteiger partial charge in [0.1, 0.15) is 6.17 Å². The van der Waals surface area contributed by atoms with Crippen molar-refractivity contribution in [3.05, 3.63) is 35.9 Å². The normalized spacial score (nSPS) is 34.0. The molecule has 1 saturated carbocycles. The molecule has 6 atom stereocenters. The number of hydrogen-bond acceptors (Lipinski definition) is 4. The fourth-order valence-electron chi connectivity index (χ4n) is 4.22. The van der Waals surface area contributed by atoms with E-state index in [0.29, 0.717) is 25.9 Å². The summed E-state index contributed by atoms with van der Waals surface area (Å²) in [5.74, 6) is 0.236. The van der Waals surface area contributed by atoms with Crippen LogP contribution in [0.3, 0.4) is 0 Å². The van der Waals surface area contributed by atoms with E-state index in [1.54, 1.807) is 0 Å². The molecule has 3 rings (SSSR count). The smallest absolute Gasteiger partial charge is 0.279 e. The SMILES string of the molecule is C[C@@H]1C[C@H](NS(=O)(=O)N(C)C)[C@H](CO[C@@H]2CC[C@H](c3ccccc3)CC2F)N1. The van der Waals surface area contributed by atoms with Crippen LogP contribution in [-0.4, -0.2) is 63.8 Å². The van der Waals surface area contributed by atoms with Crippen molar-refractivity contribution in [3.63, 3.8) is 0 Å². The Kier molecular flexibility index (Phi) is 7.09. The largest absolute Gasteiger partial charge is 0.374 e. The molecule has 1 unspecified atom stereocenters. The van der Waals surface area contributed by atoms with Gasteiger partial charge in [-0.1, -0.05) is 30.3 Å². The van der Waals surface area contributed by atoms with Gasteiger partial charge in [-0.15, -0.1) is 0 Å². The second kappa shape index (κ2) is 9.17. The topological polar surface area (TPSA) is 70.7 Å². The van der Waals surface area contributed by atoms with Gasteiger partial charge in [0, 0.05) is 32.2 Å². The molecule has 1 heterocycles. The highest BCUT2D eigenvalue weighted by Crippen LogP contribution is 2.35. The summed E-state index contributed by atoms with van der Waals surface area (Å²) in [5.41, 5.74) is 1.19. The molecule has 1 aliphatic carbocycles. The van der Waals surface area contributed by atoms with E-state index in [-0.39, 0.29) is 24.0 Å². The average Bonchev–Trinajstić information content (AvgIpc) is 2.99. The van der Waals surface area contributed by atoms with E-state index in [1.807, 2.05) is 25.1 Å². The molecule has 2 fully saturated rings. The minimum absolute atomic E-state index is 0.163. The van der Waals surface area contributed by atoms with Gasteiger partial charge in [0.25, 0.3) is 10.2 Å². The molecular weight excluding hydrogens is 381 g/mol. The van der Waals surface area contributed by atoms with E-state index in [4.69, 9.17) is 4.74 Å². The molecule has 8 heteroatoms. The first kappa shape index (κ1) is 21.6. The van der Waals surface area contributed by atoms with E-state index in [2.05, 4.69) is 22.2 Å². The van der Waals surface area contributed by atoms with Crippen molar-refractivity contribution in [2.45, 2.75) is 68.9 Å². The van der Waals surface area contributed by atoms with Crippen LogP contribution in [0, 0.1) is 0 Å². The Balaban J connectivity index is 1.53. The first-order valence-corrected chi connectivity index (χ1v) is 11.5. The van der Waals surface area contributed by atoms with Crippen molar-refractivity contribution < 1.29 is 17.5 Å². The van der Waals surface area contributed by atoms with E-state index < -0.39 is 22.5 Å². The number of nitrogens with zero attached hydrogens (tertiary/aromatic N) is 1. The highest BCUT2D eigenvalue weighted by atomic mass is 32.2. The van der Waals surface area contributed by atoms with Gasteiger partial charge >= 0.3 is 0 Å². The summed E-state index contributed by atoms with van der Waals surface area (Å²) in [6, 6.07) is 9.83. The monoisotopic (exact) mass is 413 g/mol. The van der Waals surface area contributed by atoms with Gasteiger partial charge in [-0.3, -0.25) is 0 Å². The first-order valence-electron chi connectivity index (χ1n) is 10.0. The Labute approximate surface area is 168 Å². The summed E-state index contributed by atoms with van der Waals surface area (Å²) in [7, 11) is -0.519. The fourth-order valence-corrected chi connectivity index (χ4v) is 5.07. The molecule has 158 valence electrons. The average molecular weight is 414 g/mol. The number of rotatable bonds is 7. The molecule has 6 nitrogen and oxygen atoms in total. The first-order chi connectivity index (χ1) is 13.3. The number of halogens is 1. The lowest BCUT2D eigenvalue weighted by atomic mass is 9.81. The van der Waals surface area contributed by atoms with Crippen LogP contribution in [-0.2, 0) is 14.9 Å². The maximum Gasteiger partial charge on any atom is 0.279 e. The molecule has 0 radical (unpaired) electrons. The second-order valence-corrected chi connectivity index (χ2v) is 10.1. The van der Waals surface area contributed by atoms with Crippen molar-refractivity contribution in [2.24, 2.45) is 0 Å². The molecule has 28 heavy (non-hydrogen) atoms. The minimum Gasteiger partial charge on any atom is -0.374 e. The van der Waals surface area contributed by atoms with Gasteiger partial charge in [0.15, 0.2) is 0 Å². The zero-order valence-electron chi connectivity index (χ0n) is 16.8. The number of benzene rings is 1. The maximum absolute atomic E-state index is 14.7. The lowest BCUT2D eigenvalue weighted by Gasteiger charge is -2.33. The predicted octanol–water partition coefficient (Wildman–Crippen LogP) is 2.19. The highest BCUT2D eigenvalue weighted by molar-refractivity contribution is 7.87. The van der Waals surface area contributed by atoms with Crippen molar-refractivity contribution in [2.75, 3.05) is 20.7 Å². The van der Waals surface area contributed by atoms with Crippen LogP contribution in [0.5, 0.6) is 0 Å². The van der Waals surface area contributed by atoms with Crippen molar-refractivity contribution in [3.8, 4) is 0 Å². The Morgan fingerprint density at radius 2 is 1.93 bits per heavy atom. The third-order valence-corrected chi connectivity index (χ3v) is 7.41. The molecule has 0 amide bonds. The molecule has 0 aromatic heterocycles. The molecular formula is C20H32FN3O3S. The number of alkyl halides is 1. The van der Waals surface area contributed by atoms with Gasteiger partial charge in [0.2, 0.25) is 0 Å². The van der Waals surface area contributed by atoms with Gasteiger partial charge in [-0.2, -0.15) is 17.4 Å². The van der Waals surface area contributed by atoms with Crippen LogP contribution in [0.25, 0.3) is 0 Å². The van der Waals surface area contributed by atoms with Crippen LogP contribution < -0.4 is 10.0 Å². The fraction of sp³-hybridized carbons (Fsp3) is 0.700. The molecule has 1 saturated heterocycles. The van der Waals surface area contributed by atoms with Crippen LogP contribution in [0.4, 0.5) is 4.39 Å². The van der Waals surface area contributed by atoms with Crippen LogP contribution >= 0.6 is 0 Å². The minimum atomic E-state index is -3.52. The molecule has 1 aromatic rings. The number of hydrogen-bond donors (Lipinski definition) is 2. The molecule has 0 bridgehead atoms. The lowest BCUT2D eigenvalue weighted by Crippen LogP contribution is -2.50. The van der Waals surface area contributed by atoms with Gasteiger partial charge in [0.05, 0.1) is 12.7 Å². The standard InChI is InChI=1S/C20H32FN3O3S/c1-14-11-18(23-28(25,26)24(2)3)19(22-14)13-27-20-10-9-16(12-17(20)21)15-7-5-4-6-8-15/h4-8,14,16-20,22-23H,9-13H2,1-3H3/t14-,16+,17?,18+,19+,20-/m1/s1. The van der Waals surface area contributed by atoms with E-state index >= 15 is 0 Å². The number of nitrogens with one attached hydrogen (secondary N) is 2. The van der Waals surface area contributed by atoms with E-state index in [1.165, 1.54) is 19.7 Å². The molecule has 2 N–H and O–H groups in total. The van der Waals surface area contributed by atoms with Crippen LogP contribution in [0.15, 0.2) is 30.3 Å². The summed E-state index contributed by atoms with van der Waals surface area (Å²) in [4.78, 5) is 0. The Bertz CT molecular complexity index is 731. The quantitative estimate of drug-likeness (QED) is 0.719. The lowest BCUT2D eigenvalue weighted by molar-refractivity contribution is -0.0367. The van der Waals surface area contributed by atoms with E-state index in [0.717, 1.165) is 10.7 Å². The van der Waals surface area contributed by atoms with Crippen molar-refractivity contribution >= 4 is 10.2 Å². The molecule has 1 aliphatic heterocycles. The van der Waals surface area contributed by atoms with E-state index in [9.17, 15) is 12.8 Å². The zero-order chi connectivity index (χ0) is 20.3. The molecule has 0 spiro atoms. The molecule has 2 aliphatic rings. The molecule has 1 aromatic carbocycles. The zero-order valence-corrected chi connectivity index (χ0v) is 17.7. The summed E-state index contributed by atoms with van der Waals surface area (Å²) in [6.45, 7) is 2.31. The second-order valence-electron chi connectivity index (χ2n) is 8.23. The summed E-state index contributed by atoms with van der Waals surface area (Å²) < 4.78 is 48.9. The third-order valence-electron chi connectivity index (χ3n) is 5.85. The van der Waals surface area contributed by atoms with Crippen LogP contribution in [0.2, 0.25) is 0 Å². The van der Waals surface area contributed by atoms with Gasteiger partial charge in [-0.05, 0) is 44.1 Å².